The summed E-state index contributed by atoms with van der Waals surface area (Å²) < 4.78 is 0. The predicted octanol–water partition coefficient (Wildman–Crippen LogP) is 7.98. The molecule has 0 radical (unpaired) electrons. The van der Waals surface area contributed by atoms with Crippen molar-refractivity contribution in [1.29, 1.82) is 0 Å². The van der Waals surface area contributed by atoms with Crippen molar-refractivity contribution in [1.82, 2.24) is 0 Å². The smallest absolute Gasteiger partial charge is 0.303 e. The minimum atomic E-state index is -0.624. The van der Waals surface area contributed by atoms with Gasteiger partial charge < -0.3 is 10.2 Å². The molecule has 8 fully saturated rings. The van der Waals surface area contributed by atoms with E-state index in [1.165, 1.54) is 60.8 Å². The summed E-state index contributed by atoms with van der Waals surface area (Å²) in [7, 11) is 0. The Hall–Kier alpha value is -2.62. The molecule has 8 aliphatic carbocycles. The molecule has 0 amide bonds. The van der Waals surface area contributed by atoms with E-state index in [1.54, 1.807) is 0 Å². The monoisotopic (exact) mass is 538 g/mol. The lowest BCUT2D eigenvalue weighted by Gasteiger charge is -2.62. The lowest BCUT2D eigenvalue weighted by atomic mass is 9.42. The third-order valence-electron chi connectivity index (χ3n) is 12.7. The third-order valence-corrected chi connectivity index (χ3v) is 12.7. The first-order valence-electron chi connectivity index (χ1n) is 15.8. The minimum Gasteiger partial charge on any atom is -0.481 e. The van der Waals surface area contributed by atoms with Crippen LogP contribution in [0.1, 0.15) is 101 Å². The summed E-state index contributed by atoms with van der Waals surface area (Å²) in [5.41, 5.74) is 5.66. The molecule has 4 unspecified atom stereocenters. The Morgan fingerprint density at radius 2 is 0.875 bits per heavy atom. The fourth-order valence-electron chi connectivity index (χ4n) is 12.7. The van der Waals surface area contributed by atoms with E-state index in [-0.39, 0.29) is 21.7 Å². The van der Waals surface area contributed by atoms with E-state index in [0.29, 0.717) is 36.5 Å². The molecule has 8 bridgehead atoms. The molecule has 2 aromatic rings. The Morgan fingerprint density at radius 3 is 1.18 bits per heavy atom. The summed E-state index contributed by atoms with van der Waals surface area (Å²) in [6.45, 7) is 0. The normalized spacial score (nSPS) is 42.3. The molecule has 0 aliphatic heterocycles. The van der Waals surface area contributed by atoms with Crippen molar-refractivity contribution in [2.75, 3.05) is 0 Å². The first-order chi connectivity index (χ1) is 19.2. The van der Waals surface area contributed by atoms with Gasteiger partial charge in [-0.25, -0.2) is 0 Å². The molecule has 4 atom stereocenters. The Balaban J connectivity index is 1.04. The minimum absolute atomic E-state index is 0.00468. The fraction of sp³-hybridized carbons (Fsp3) is 0.611. The van der Waals surface area contributed by atoms with Crippen LogP contribution in [0.5, 0.6) is 0 Å². The van der Waals surface area contributed by atoms with Crippen LogP contribution < -0.4 is 0 Å². The van der Waals surface area contributed by atoms with Gasteiger partial charge in [0.1, 0.15) is 0 Å². The second-order valence-corrected chi connectivity index (χ2v) is 15.8. The number of benzene rings is 2. The summed E-state index contributed by atoms with van der Waals surface area (Å²) in [4.78, 5) is 23.5. The average molecular weight is 539 g/mol. The molecule has 4 heteroatoms. The van der Waals surface area contributed by atoms with Crippen LogP contribution in [0.3, 0.4) is 0 Å². The van der Waals surface area contributed by atoms with Gasteiger partial charge in [0, 0.05) is 0 Å². The van der Waals surface area contributed by atoms with E-state index in [2.05, 4.69) is 48.5 Å². The predicted molar refractivity (Wildman–Crippen MR) is 154 cm³/mol. The zero-order valence-corrected chi connectivity index (χ0v) is 23.5. The maximum atomic E-state index is 11.8. The second-order valence-electron chi connectivity index (χ2n) is 15.8. The molecule has 8 saturated carbocycles. The van der Waals surface area contributed by atoms with Crippen LogP contribution in [-0.2, 0) is 20.4 Å². The summed E-state index contributed by atoms with van der Waals surface area (Å²) in [5, 5.41) is 19.4. The number of hydrogen-bond donors (Lipinski definition) is 2. The van der Waals surface area contributed by atoms with Gasteiger partial charge in [0.05, 0.1) is 12.8 Å². The molecule has 2 aromatic carbocycles. The standard InChI is InChI=1S/C36H42O4/c37-31(38)19-33-11-23-9-24(12-33)16-35(15-23,21-33)29-5-1-27(2-6-29)28-3-7-30(8-4-28)36-17-25-10-26(18-36)14-34(13-25,22-36)20-32(39)40/h1-8,23-26H,9-22H2,(H,37,38)(H,39,40). The van der Waals surface area contributed by atoms with Gasteiger partial charge in [-0.15, -0.1) is 0 Å². The number of aliphatic carboxylic acids is 2. The topological polar surface area (TPSA) is 74.6 Å². The van der Waals surface area contributed by atoms with Crippen molar-refractivity contribution in [3.63, 3.8) is 0 Å². The summed E-state index contributed by atoms with van der Waals surface area (Å²) in [6.07, 6.45) is 14.7. The zero-order chi connectivity index (χ0) is 27.3. The number of carboxylic acids is 2. The van der Waals surface area contributed by atoms with Gasteiger partial charge in [0.2, 0.25) is 0 Å². The Bertz CT molecular complexity index is 1220. The lowest BCUT2D eigenvalue weighted by Crippen LogP contribution is -2.54. The zero-order valence-electron chi connectivity index (χ0n) is 23.5. The average Bonchev–Trinajstić information content (AvgIpc) is 2.86. The van der Waals surface area contributed by atoms with E-state index in [4.69, 9.17) is 0 Å². The third kappa shape index (κ3) is 3.91. The summed E-state index contributed by atoms with van der Waals surface area (Å²) in [5.74, 6) is 1.50. The Morgan fingerprint density at radius 1 is 0.550 bits per heavy atom. The fourth-order valence-corrected chi connectivity index (χ4v) is 12.7. The van der Waals surface area contributed by atoms with Crippen molar-refractivity contribution in [2.24, 2.45) is 34.5 Å². The highest BCUT2D eigenvalue weighted by molar-refractivity contribution is 5.69. The number of rotatable bonds is 7. The second kappa shape index (κ2) is 8.46. The Labute approximate surface area is 237 Å². The first-order valence-corrected chi connectivity index (χ1v) is 15.8. The number of carboxylic acid groups (broad SMARTS) is 2. The number of hydrogen-bond acceptors (Lipinski definition) is 2. The van der Waals surface area contributed by atoms with Crippen LogP contribution in [0.2, 0.25) is 0 Å². The van der Waals surface area contributed by atoms with Crippen molar-refractivity contribution in [3.05, 3.63) is 59.7 Å². The molecular weight excluding hydrogens is 496 g/mol. The lowest BCUT2D eigenvalue weighted by molar-refractivity contribution is -0.148. The van der Waals surface area contributed by atoms with Gasteiger partial charge in [-0.1, -0.05) is 48.5 Å². The molecule has 210 valence electrons. The van der Waals surface area contributed by atoms with Gasteiger partial charge in [-0.05, 0) is 145 Å². The maximum Gasteiger partial charge on any atom is 0.303 e. The molecule has 4 nitrogen and oxygen atoms in total. The van der Waals surface area contributed by atoms with E-state index < -0.39 is 11.9 Å². The van der Waals surface area contributed by atoms with Crippen LogP contribution in [0, 0.1) is 34.5 Å². The largest absolute Gasteiger partial charge is 0.481 e. The molecule has 10 rings (SSSR count). The molecule has 0 spiro atoms. The number of carbonyl (C=O) groups is 2. The first kappa shape index (κ1) is 25.1. The molecule has 0 aromatic heterocycles. The van der Waals surface area contributed by atoms with E-state index in [9.17, 15) is 19.8 Å². The molecule has 40 heavy (non-hydrogen) atoms. The van der Waals surface area contributed by atoms with Crippen LogP contribution >= 0.6 is 0 Å². The molecular formula is C36H42O4. The Kier molecular flexibility index (Phi) is 5.31. The highest BCUT2D eigenvalue weighted by Crippen LogP contribution is 2.68. The highest BCUT2D eigenvalue weighted by Gasteiger charge is 2.59. The van der Waals surface area contributed by atoms with Gasteiger partial charge in [-0.3, -0.25) is 9.59 Å². The van der Waals surface area contributed by atoms with Gasteiger partial charge >= 0.3 is 11.9 Å². The van der Waals surface area contributed by atoms with Crippen molar-refractivity contribution in [3.8, 4) is 11.1 Å². The molecule has 2 N–H and O–H groups in total. The molecule has 8 aliphatic rings. The van der Waals surface area contributed by atoms with Crippen molar-refractivity contribution >= 4 is 11.9 Å². The van der Waals surface area contributed by atoms with Crippen LogP contribution in [0.15, 0.2) is 48.5 Å². The van der Waals surface area contributed by atoms with Gasteiger partial charge in [0.15, 0.2) is 0 Å². The maximum absolute atomic E-state index is 11.8. The summed E-state index contributed by atoms with van der Waals surface area (Å²) in [6, 6.07) is 18.6. The SMILES string of the molecule is O=C(O)CC12CC3CC(C1)CC(c1ccc(-c4ccc(C56CC7CC(CC(CC(=O)O)(C7)C5)C6)cc4)cc1)(C3)C2. The van der Waals surface area contributed by atoms with E-state index in [1.807, 2.05) is 0 Å². The van der Waals surface area contributed by atoms with Crippen LogP contribution in [0.25, 0.3) is 11.1 Å². The van der Waals surface area contributed by atoms with Crippen LogP contribution in [-0.4, -0.2) is 22.2 Å². The molecule has 0 heterocycles. The molecule has 0 saturated heterocycles. The van der Waals surface area contributed by atoms with Crippen LogP contribution in [0.4, 0.5) is 0 Å². The highest BCUT2D eigenvalue weighted by atomic mass is 16.4. The quantitative estimate of drug-likeness (QED) is 0.375. The van der Waals surface area contributed by atoms with Gasteiger partial charge in [0.25, 0.3) is 0 Å². The van der Waals surface area contributed by atoms with Crippen molar-refractivity contribution < 1.29 is 19.8 Å². The summed E-state index contributed by atoms with van der Waals surface area (Å²) >= 11 is 0. The van der Waals surface area contributed by atoms with E-state index >= 15 is 0 Å². The van der Waals surface area contributed by atoms with E-state index in [0.717, 1.165) is 38.5 Å². The van der Waals surface area contributed by atoms with Crippen molar-refractivity contribution in [2.45, 2.75) is 101 Å². The van der Waals surface area contributed by atoms with Gasteiger partial charge in [-0.2, -0.15) is 0 Å².